The van der Waals surface area contributed by atoms with Crippen LogP contribution in [0.3, 0.4) is 0 Å². The fourth-order valence-corrected chi connectivity index (χ4v) is 4.02. The van der Waals surface area contributed by atoms with Crippen LogP contribution in [-0.4, -0.2) is 15.7 Å². The number of nitrogens with zero attached hydrogens (tertiary/aromatic N) is 2. The van der Waals surface area contributed by atoms with Crippen LogP contribution in [0.2, 0.25) is 5.15 Å². The van der Waals surface area contributed by atoms with Crippen LogP contribution in [-0.2, 0) is 0 Å². The number of aromatic nitrogens is 2. The summed E-state index contributed by atoms with van der Waals surface area (Å²) in [5.74, 6) is 1.35. The Hall–Kier alpha value is -2.46. The quantitative estimate of drug-likeness (QED) is 0.488. The van der Waals surface area contributed by atoms with Crippen molar-refractivity contribution in [2.75, 3.05) is 5.32 Å². The lowest BCUT2D eigenvalue weighted by atomic mass is 10.0. The molecular weight excluding hydrogens is 356 g/mol. The summed E-state index contributed by atoms with van der Waals surface area (Å²) < 4.78 is 0. The van der Waals surface area contributed by atoms with Gasteiger partial charge in [0.1, 0.15) is 11.0 Å². The standard InChI is InChI=1S/C22H23ClN4/c1-14-10-18(15-6-2-3-7-15)26-21(11-14)27-19-12-20(23)25-13-17(19)22(24)16-8-4-5-9-16/h4,8-13,15,24H,2-3,5-7H2,1H3,(H,25,26,27). The van der Waals surface area contributed by atoms with Gasteiger partial charge in [0.05, 0.1) is 11.4 Å². The highest BCUT2D eigenvalue weighted by Crippen LogP contribution is 2.34. The van der Waals surface area contributed by atoms with Crippen molar-refractivity contribution in [3.63, 3.8) is 0 Å². The highest BCUT2D eigenvalue weighted by atomic mass is 35.5. The van der Waals surface area contributed by atoms with Gasteiger partial charge in [-0.25, -0.2) is 9.97 Å². The first-order chi connectivity index (χ1) is 13.1. The van der Waals surface area contributed by atoms with Crippen molar-refractivity contribution in [3.8, 4) is 0 Å². The van der Waals surface area contributed by atoms with E-state index < -0.39 is 0 Å². The summed E-state index contributed by atoms with van der Waals surface area (Å²) in [5, 5.41) is 12.4. The van der Waals surface area contributed by atoms with E-state index in [-0.39, 0.29) is 0 Å². The fourth-order valence-electron chi connectivity index (χ4n) is 3.86. The van der Waals surface area contributed by atoms with Crippen LogP contribution in [0.25, 0.3) is 0 Å². The van der Waals surface area contributed by atoms with Gasteiger partial charge in [0, 0.05) is 23.4 Å². The van der Waals surface area contributed by atoms with E-state index in [4.69, 9.17) is 22.0 Å². The Morgan fingerprint density at radius 2 is 2.04 bits per heavy atom. The van der Waals surface area contributed by atoms with Gasteiger partial charge in [-0.2, -0.15) is 0 Å². The number of halogens is 1. The van der Waals surface area contributed by atoms with Crippen LogP contribution in [0, 0.1) is 12.3 Å². The van der Waals surface area contributed by atoms with Crippen LogP contribution in [0.1, 0.15) is 54.8 Å². The van der Waals surface area contributed by atoms with Gasteiger partial charge in [-0.05, 0) is 55.5 Å². The van der Waals surface area contributed by atoms with Crippen LogP contribution >= 0.6 is 11.6 Å². The molecule has 2 aromatic heterocycles. The van der Waals surface area contributed by atoms with Crippen molar-refractivity contribution < 1.29 is 0 Å². The minimum Gasteiger partial charge on any atom is -0.340 e. The lowest BCUT2D eigenvalue weighted by Gasteiger charge is -2.16. The summed E-state index contributed by atoms with van der Waals surface area (Å²) in [6.45, 7) is 2.10. The Morgan fingerprint density at radius 3 is 2.78 bits per heavy atom. The summed E-state index contributed by atoms with van der Waals surface area (Å²) >= 11 is 6.14. The van der Waals surface area contributed by atoms with Gasteiger partial charge in [0.15, 0.2) is 0 Å². The van der Waals surface area contributed by atoms with E-state index in [2.05, 4.69) is 29.4 Å². The third kappa shape index (κ3) is 3.96. The Morgan fingerprint density at radius 1 is 1.22 bits per heavy atom. The predicted octanol–water partition coefficient (Wildman–Crippen LogP) is 6.09. The predicted molar refractivity (Wildman–Crippen MR) is 111 cm³/mol. The zero-order chi connectivity index (χ0) is 18.8. The molecule has 5 heteroatoms. The molecule has 2 heterocycles. The molecule has 0 amide bonds. The van der Waals surface area contributed by atoms with E-state index in [1.54, 1.807) is 12.3 Å². The zero-order valence-electron chi connectivity index (χ0n) is 15.4. The molecule has 0 radical (unpaired) electrons. The van der Waals surface area contributed by atoms with Crippen LogP contribution in [0.5, 0.6) is 0 Å². The van der Waals surface area contributed by atoms with Gasteiger partial charge in [-0.15, -0.1) is 0 Å². The van der Waals surface area contributed by atoms with Gasteiger partial charge in [-0.1, -0.05) is 42.7 Å². The van der Waals surface area contributed by atoms with Crippen molar-refractivity contribution >= 4 is 28.8 Å². The van der Waals surface area contributed by atoms with E-state index in [0.29, 0.717) is 16.8 Å². The Kier molecular flexibility index (Phi) is 5.08. The van der Waals surface area contributed by atoms with Crippen molar-refractivity contribution in [1.82, 2.24) is 9.97 Å². The largest absolute Gasteiger partial charge is 0.340 e. The lowest BCUT2D eigenvalue weighted by molar-refractivity contribution is 0.697. The number of aryl methyl sites for hydroxylation is 1. The summed E-state index contributed by atoms with van der Waals surface area (Å²) in [7, 11) is 0. The number of pyridine rings is 2. The number of nitrogens with one attached hydrogen (secondary N) is 2. The number of anilines is 2. The van der Waals surface area contributed by atoms with Crippen LogP contribution in [0.15, 0.2) is 48.2 Å². The van der Waals surface area contributed by atoms with E-state index in [1.165, 1.54) is 31.2 Å². The van der Waals surface area contributed by atoms with Gasteiger partial charge >= 0.3 is 0 Å². The fraction of sp³-hybridized carbons (Fsp3) is 0.318. The molecule has 1 fully saturated rings. The Labute approximate surface area is 164 Å². The molecular formula is C22H23ClN4. The molecule has 2 N–H and O–H groups in total. The minimum atomic E-state index is 0.397. The van der Waals surface area contributed by atoms with Gasteiger partial charge < -0.3 is 5.32 Å². The average molecular weight is 379 g/mol. The number of hydrogen-bond donors (Lipinski definition) is 2. The maximum atomic E-state index is 8.56. The smallest absolute Gasteiger partial charge is 0.131 e. The van der Waals surface area contributed by atoms with Crippen LogP contribution in [0.4, 0.5) is 11.5 Å². The first kappa shape index (κ1) is 17.9. The summed E-state index contributed by atoms with van der Waals surface area (Å²) in [4.78, 5) is 9.05. The Bertz CT molecular complexity index is 939. The van der Waals surface area contributed by atoms with Gasteiger partial charge in [0.25, 0.3) is 0 Å². The highest BCUT2D eigenvalue weighted by Gasteiger charge is 2.20. The highest BCUT2D eigenvalue weighted by molar-refractivity contribution is 6.30. The normalized spacial score (nSPS) is 16.6. The van der Waals surface area contributed by atoms with E-state index in [9.17, 15) is 0 Å². The SMILES string of the molecule is Cc1cc(Nc2cc(Cl)ncc2C(=N)C2=CCC=C2)nc(C2CCCC2)c1. The molecule has 0 saturated heterocycles. The third-order valence-electron chi connectivity index (χ3n) is 5.23. The second kappa shape index (κ2) is 7.65. The molecule has 4 nitrogen and oxygen atoms in total. The van der Waals surface area contributed by atoms with Gasteiger partial charge in [-0.3, -0.25) is 5.41 Å². The second-order valence-electron chi connectivity index (χ2n) is 7.29. The average Bonchev–Trinajstić information content (AvgIpc) is 3.35. The monoisotopic (exact) mass is 378 g/mol. The van der Waals surface area contributed by atoms with Crippen molar-refractivity contribution in [1.29, 1.82) is 5.41 Å². The molecule has 27 heavy (non-hydrogen) atoms. The molecule has 0 aliphatic heterocycles. The van der Waals surface area contributed by atoms with Gasteiger partial charge in [0.2, 0.25) is 0 Å². The maximum absolute atomic E-state index is 8.56. The molecule has 2 aliphatic rings. The van der Waals surface area contributed by atoms with E-state index >= 15 is 0 Å². The van der Waals surface area contributed by atoms with Crippen molar-refractivity contribution in [2.45, 2.75) is 44.9 Å². The number of hydrogen-bond acceptors (Lipinski definition) is 4. The first-order valence-corrected chi connectivity index (χ1v) is 9.85. The molecule has 0 spiro atoms. The van der Waals surface area contributed by atoms with Crippen LogP contribution < -0.4 is 5.32 Å². The summed E-state index contributed by atoms with van der Waals surface area (Å²) in [6, 6.07) is 6.00. The molecule has 2 aromatic rings. The van der Waals surface area contributed by atoms with E-state index in [1.807, 2.05) is 18.2 Å². The molecule has 4 rings (SSSR count). The zero-order valence-corrected chi connectivity index (χ0v) is 16.2. The number of rotatable bonds is 5. The van der Waals surface area contributed by atoms with Crippen molar-refractivity contribution in [3.05, 3.63) is 70.2 Å². The molecule has 0 atom stereocenters. The Balaban J connectivity index is 1.67. The summed E-state index contributed by atoms with van der Waals surface area (Å²) in [5.41, 5.74) is 5.19. The first-order valence-electron chi connectivity index (χ1n) is 9.47. The van der Waals surface area contributed by atoms with E-state index in [0.717, 1.165) is 34.8 Å². The maximum Gasteiger partial charge on any atom is 0.131 e. The molecule has 1 saturated carbocycles. The number of allylic oxidation sites excluding steroid dienone is 4. The van der Waals surface area contributed by atoms with Crippen molar-refractivity contribution in [2.24, 2.45) is 0 Å². The lowest BCUT2D eigenvalue weighted by Crippen LogP contribution is -2.08. The minimum absolute atomic E-state index is 0.397. The molecule has 0 aromatic carbocycles. The second-order valence-corrected chi connectivity index (χ2v) is 7.67. The summed E-state index contributed by atoms with van der Waals surface area (Å²) in [6.07, 6.45) is 13.6. The third-order valence-corrected chi connectivity index (χ3v) is 5.43. The molecule has 0 unspecified atom stereocenters. The molecule has 2 aliphatic carbocycles. The molecule has 138 valence electrons. The molecule has 0 bridgehead atoms. The topological polar surface area (TPSA) is 61.7 Å².